The first-order chi connectivity index (χ1) is 15.9. The number of benzene rings is 1. The minimum Gasteiger partial charge on any atom is -0.507 e. The van der Waals surface area contributed by atoms with Crippen LogP contribution in [0.3, 0.4) is 0 Å². The molecule has 0 saturated carbocycles. The summed E-state index contributed by atoms with van der Waals surface area (Å²) in [5.41, 5.74) is 0.630. The molecular weight excluding hydrogens is 449 g/mol. The molecule has 2 N–H and O–H groups in total. The normalized spacial score (nSPS) is 18.2. The maximum atomic E-state index is 13.1. The lowest BCUT2D eigenvalue weighted by atomic mass is 9.99. The summed E-state index contributed by atoms with van der Waals surface area (Å²) in [7, 11) is 0. The van der Waals surface area contributed by atoms with Gasteiger partial charge in [-0.05, 0) is 63.9 Å². The van der Waals surface area contributed by atoms with E-state index < -0.39 is 23.6 Å². The molecule has 0 aliphatic carbocycles. The number of aromatic hydroxyl groups is 1. The molecule has 1 saturated heterocycles. The fraction of sp³-hybridized carbons (Fsp3) is 0.458. The van der Waals surface area contributed by atoms with E-state index in [2.05, 4.69) is 10.1 Å². The third kappa shape index (κ3) is 4.22. The van der Waals surface area contributed by atoms with E-state index in [4.69, 9.17) is 0 Å². The van der Waals surface area contributed by atoms with Crippen molar-refractivity contribution in [1.82, 2.24) is 19.7 Å². The molecule has 4 rings (SSSR count). The zero-order chi connectivity index (χ0) is 24.9. The predicted octanol–water partition coefficient (Wildman–Crippen LogP) is 4.76. The van der Waals surface area contributed by atoms with Crippen molar-refractivity contribution in [2.45, 2.75) is 64.9 Å². The highest BCUT2D eigenvalue weighted by Gasteiger charge is 2.33. The Morgan fingerprint density at radius 2 is 1.88 bits per heavy atom. The van der Waals surface area contributed by atoms with Gasteiger partial charge in [-0.1, -0.05) is 0 Å². The number of piperidine rings is 1. The third-order valence-corrected chi connectivity index (χ3v) is 6.28. The van der Waals surface area contributed by atoms with Crippen LogP contribution >= 0.6 is 0 Å². The van der Waals surface area contributed by atoms with E-state index in [0.29, 0.717) is 42.2 Å². The molecule has 3 heterocycles. The number of hydrogen-bond acceptors (Lipinski definition) is 5. The summed E-state index contributed by atoms with van der Waals surface area (Å²) >= 11 is 0. The lowest BCUT2D eigenvalue weighted by Gasteiger charge is -2.36. The summed E-state index contributed by atoms with van der Waals surface area (Å²) in [4.78, 5) is 18.6. The molecule has 7 nitrogen and oxygen atoms in total. The summed E-state index contributed by atoms with van der Waals surface area (Å²) in [5.74, 6) is -0.442. The van der Waals surface area contributed by atoms with E-state index in [-0.39, 0.29) is 34.8 Å². The number of amides is 1. The Bertz CT molecular complexity index is 1230. The molecule has 0 spiro atoms. The van der Waals surface area contributed by atoms with Gasteiger partial charge in [0.15, 0.2) is 5.65 Å². The van der Waals surface area contributed by atoms with E-state index in [0.717, 1.165) is 6.07 Å². The molecule has 10 heteroatoms. The lowest BCUT2D eigenvalue weighted by molar-refractivity contribution is -0.138. The van der Waals surface area contributed by atoms with Gasteiger partial charge in [0.1, 0.15) is 5.75 Å². The zero-order valence-electron chi connectivity index (χ0n) is 19.4. The second kappa shape index (κ2) is 8.57. The Balaban J connectivity index is 1.80. The van der Waals surface area contributed by atoms with Gasteiger partial charge in [-0.25, -0.2) is 4.98 Å². The zero-order valence-corrected chi connectivity index (χ0v) is 19.4. The number of aryl methyl sites for hydroxylation is 1. The third-order valence-electron chi connectivity index (χ3n) is 6.28. The Morgan fingerprint density at radius 1 is 1.18 bits per heavy atom. The van der Waals surface area contributed by atoms with Gasteiger partial charge in [-0.15, -0.1) is 0 Å². The number of alkyl halides is 3. The van der Waals surface area contributed by atoms with Crippen LogP contribution < -0.4 is 0 Å². The van der Waals surface area contributed by atoms with Crippen LogP contribution in [0.1, 0.15) is 62.6 Å². The Hall–Kier alpha value is -3.14. The number of pyridine rings is 1. The number of carbonyl (C=O) groups is 1. The predicted molar refractivity (Wildman–Crippen MR) is 120 cm³/mol. The standard InChI is InChI=1S/C24H27F3N4O3/c1-12(2)30-11-16(5-8-20(30)34)31-22(14(4)32)17-6-7-18(28-23(17)29-31)21-13(3)9-15(10-19(21)33)24(25,26)27/h6-7,9-10,12,14,16,32-33H,5,8,11H2,1-4H3/t14-,16?/m0/s1. The fourth-order valence-corrected chi connectivity index (χ4v) is 4.66. The van der Waals surface area contributed by atoms with Gasteiger partial charge in [-0.3, -0.25) is 9.48 Å². The average Bonchev–Trinajstić information content (AvgIpc) is 3.11. The highest BCUT2D eigenvalue weighted by Crippen LogP contribution is 2.39. The van der Waals surface area contributed by atoms with Crippen LogP contribution in [0.2, 0.25) is 0 Å². The molecule has 2 aromatic heterocycles. The van der Waals surface area contributed by atoms with Crippen molar-refractivity contribution in [3.63, 3.8) is 0 Å². The quantitative estimate of drug-likeness (QED) is 0.567. The van der Waals surface area contributed by atoms with Crippen molar-refractivity contribution in [2.24, 2.45) is 0 Å². The van der Waals surface area contributed by atoms with Crippen molar-refractivity contribution in [1.29, 1.82) is 0 Å². The molecule has 1 fully saturated rings. The fourth-order valence-electron chi connectivity index (χ4n) is 4.66. The number of fused-ring (bicyclic) bond motifs is 1. The largest absolute Gasteiger partial charge is 0.507 e. The lowest BCUT2D eigenvalue weighted by Crippen LogP contribution is -2.45. The molecular formula is C24H27F3N4O3. The molecule has 34 heavy (non-hydrogen) atoms. The maximum absolute atomic E-state index is 13.1. The second-order valence-electron chi connectivity index (χ2n) is 9.09. The molecule has 3 aromatic rings. The molecule has 1 amide bonds. The van der Waals surface area contributed by atoms with Crippen molar-refractivity contribution in [3.05, 3.63) is 41.1 Å². The molecule has 1 unspecified atom stereocenters. The Kier molecular flexibility index (Phi) is 6.05. The van der Waals surface area contributed by atoms with E-state index in [9.17, 15) is 28.2 Å². The topological polar surface area (TPSA) is 91.5 Å². The van der Waals surface area contributed by atoms with Gasteiger partial charge < -0.3 is 15.1 Å². The number of carbonyl (C=O) groups excluding carboxylic acids is 1. The monoisotopic (exact) mass is 476 g/mol. The highest BCUT2D eigenvalue weighted by atomic mass is 19.4. The van der Waals surface area contributed by atoms with Crippen molar-refractivity contribution in [2.75, 3.05) is 6.54 Å². The van der Waals surface area contributed by atoms with Gasteiger partial charge in [0.05, 0.1) is 29.1 Å². The van der Waals surface area contributed by atoms with Crippen LogP contribution in [0.15, 0.2) is 24.3 Å². The van der Waals surface area contributed by atoms with Crippen molar-refractivity contribution in [3.8, 4) is 17.0 Å². The summed E-state index contributed by atoms with van der Waals surface area (Å²) in [6, 6.07) is 4.84. The molecule has 182 valence electrons. The highest BCUT2D eigenvalue weighted by molar-refractivity contribution is 5.83. The number of phenolic OH excluding ortho intramolecular Hbond substituents is 1. The number of halogens is 3. The van der Waals surface area contributed by atoms with Crippen LogP contribution in [-0.4, -0.2) is 48.4 Å². The van der Waals surface area contributed by atoms with Gasteiger partial charge in [0.2, 0.25) is 5.91 Å². The Morgan fingerprint density at radius 3 is 2.47 bits per heavy atom. The Labute approximate surface area is 194 Å². The molecule has 1 aromatic carbocycles. The van der Waals surface area contributed by atoms with Crippen LogP contribution in [0.5, 0.6) is 5.75 Å². The van der Waals surface area contributed by atoms with Crippen LogP contribution in [0, 0.1) is 6.92 Å². The van der Waals surface area contributed by atoms with E-state index in [1.807, 2.05) is 13.8 Å². The van der Waals surface area contributed by atoms with Crippen LogP contribution in [0.4, 0.5) is 13.2 Å². The first kappa shape index (κ1) is 24.0. The number of aromatic nitrogens is 3. The van der Waals surface area contributed by atoms with Crippen LogP contribution in [-0.2, 0) is 11.0 Å². The van der Waals surface area contributed by atoms with Crippen LogP contribution in [0.25, 0.3) is 22.3 Å². The number of aliphatic hydroxyl groups is 1. The number of hydrogen-bond donors (Lipinski definition) is 2. The van der Waals surface area contributed by atoms with Gasteiger partial charge >= 0.3 is 6.18 Å². The molecule has 2 atom stereocenters. The minimum absolute atomic E-state index is 0.0330. The average molecular weight is 476 g/mol. The van der Waals surface area contributed by atoms with E-state index >= 15 is 0 Å². The molecule has 0 bridgehead atoms. The first-order valence-electron chi connectivity index (χ1n) is 11.2. The maximum Gasteiger partial charge on any atom is 0.416 e. The number of phenols is 1. The number of aliphatic hydroxyl groups excluding tert-OH is 1. The van der Waals surface area contributed by atoms with Gasteiger partial charge in [0.25, 0.3) is 0 Å². The molecule has 1 aliphatic rings. The van der Waals surface area contributed by atoms with Gasteiger partial charge in [0, 0.05) is 30.0 Å². The number of likely N-dealkylation sites (tertiary alicyclic amines) is 1. The van der Waals surface area contributed by atoms with Crippen molar-refractivity contribution < 1.29 is 28.2 Å². The summed E-state index contributed by atoms with van der Waals surface area (Å²) in [6.07, 6.45) is -4.49. The van der Waals surface area contributed by atoms with E-state index in [1.54, 1.807) is 28.6 Å². The SMILES string of the molecule is Cc1cc(C(F)(F)F)cc(O)c1-c1ccc2c([C@H](C)O)n(C3CCC(=O)N(C(C)C)C3)nc2n1. The van der Waals surface area contributed by atoms with Gasteiger partial charge in [-0.2, -0.15) is 18.3 Å². The molecule has 1 aliphatic heterocycles. The first-order valence-corrected chi connectivity index (χ1v) is 11.2. The smallest absolute Gasteiger partial charge is 0.416 e. The van der Waals surface area contributed by atoms with Crippen molar-refractivity contribution >= 4 is 16.9 Å². The van der Waals surface area contributed by atoms with E-state index in [1.165, 1.54) is 6.92 Å². The minimum atomic E-state index is -4.58. The molecule has 0 radical (unpaired) electrons. The summed E-state index contributed by atoms with van der Waals surface area (Å²) in [5, 5.41) is 26.1. The number of rotatable bonds is 4. The second-order valence-corrected chi connectivity index (χ2v) is 9.09. The summed E-state index contributed by atoms with van der Waals surface area (Å²) in [6.45, 7) is 7.45. The number of nitrogens with zero attached hydrogens (tertiary/aromatic N) is 4. The summed E-state index contributed by atoms with van der Waals surface area (Å²) < 4.78 is 41.0.